The first-order chi connectivity index (χ1) is 13.4. The van der Waals surface area contributed by atoms with Crippen LogP contribution in [-0.2, 0) is 9.47 Å². The molecule has 0 bridgehead atoms. The number of rotatable bonds is 8. The number of aliphatic imine (C=N–C) groups is 1. The molecule has 0 aromatic rings. The topological polar surface area (TPSA) is 49.3 Å². The molecule has 0 aromatic heterocycles. The number of guanidine groups is 1. The summed E-state index contributed by atoms with van der Waals surface area (Å²) in [5.74, 6) is 1.06. The lowest BCUT2D eigenvalue weighted by molar-refractivity contribution is -0.0817. The van der Waals surface area contributed by atoms with Crippen molar-refractivity contribution in [3.63, 3.8) is 0 Å². The normalized spacial score (nSPS) is 27.9. The Kier molecular flexibility index (Phi) is 9.18. The largest absolute Gasteiger partial charge is 0.375 e. The minimum absolute atomic E-state index is 0.189. The van der Waals surface area contributed by atoms with Gasteiger partial charge < -0.3 is 24.6 Å². The Morgan fingerprint density at radius 3 is 2.59 bits per heavy atom. The zero-order valence-corrected chi connectivity index (χ0v) is 17.3. The summed E-state index contributed by atoms with van der Waals surface area (Å²) in [5.41, 5.74) is 0. The molecule has 6 nitrogen and oxygen atoms in total. The molecule has 3 aliphatic rings. The van der Waals surface area contributed by atoms with Gasteiger partial charge in [0.1, 0.15) is 6.10 Å². The maximum atomic E-state index is 5.98. The molecule has 0 amide bonds. The molecule has 2 atom stereocenters. The second kappa shape index (κ2) is 11.9. The van der Waals surface area contributed by atoms with Crippen LogP contribution in [0.5, 0.6) is 0 Å². The molecule has 2 unspecified atom stereocenters. The molecule has 0 saturated carbocycles. The van der Waals surface area contributed by atoms with Gasteiger partial charge in [-0.1, -0.05) is 12.8 Å². The Morgan fingerprint density at radius 2 is 1.81 bits per heavy atom. The molecule has 27 heavy (non-hydrogen) atoms. The van der Waals surface area contributed by atoms with Crippen molar-refractivity contribution in [3.8, 4) is 0 Å². The summed E-state index contributed by atoms with van der Waals surface area (Å²) in [6.45, 7) is 11.3. The van der Waals surface area contributed by atoms with Gasteiger partial charge in [0.25, 0.3) is 0 Å². The van der Waals surface area contributed by atoms with E-state index in [4.69, 9.17) is 14.5 Å². The zero-order valence-electron chi connectivity index (χ0n) is 17.3. The van der Waals surface area contributed by atoms with Crippen LogP contribution in [0.4, 0.5) is 0 Å². The number of likely N-dealkylation sites (tertiary alicyclic amines) is 1. The third-order valence-electron chi connectivity index (χ3n) is 5.95. The van der Waals surface area contributed by atoms with Crippen molar-refractivity contribution in [1.82, 2.24) is 15.1 Å². The van der Waals surface area contributed by atoms with Crippen molar-refractivity contribution in [2.24, 2.45) is 4.99 Å². The van der Waals surface area contributed by atoms with Crippen LogP contribution in [0.1, 0.15) is 58.3 Å². The Labute approximate surface area is 165 Å². The third-order valence-corrected chi connectivity index (χ3v) is 5.95. The summed E-state index contributed by atoms with van der Waals surface area (Å²) in [6, 6.07) is 0. The molecule has 3 saturated heterocycles. The molecule has 0 radical (unpaired) electrons. The number of nitrogens with one attached hydrogen (secondary N) is 1. The van der Waals surface area contributed by atoms with Gasteiger partial charge >= 0.3 is 0 Å². The maximum Gasteiger partial charge on any atom is 0.194 e. The minimum atomic E-state index is 0.189. The van der Waals surface area contributed by atoms with Crippen LogP contribution in [0, 0.1) is 0 Å². The fraction of sp³-hybridized carbons (Fsp3) is 0.952. The van der Waals surface area contributed by atoms with E-state index in [1.54, 1.807) is 0 Å². The van der Waals surface area contributed by atoms with Crippen LogP contribution in [-0.4, -0.2) is 87.0 Å². The smallest absolute Gasteiger partial charge is 0.194 e. The van der Waals surface area contributed by atoms with E-state index in [0.717, 1.165) is 58.2 Å². The van der Waals surface area contributed by atoms with Crippen molar-refractivity contribution in [3.05, 3.63) is 0 Å². The van der Waals surface area contributed by atoms with Gasteiger partial charge in [-0.05, 0) is 65.1 Å². The van der Waals surface area contributed by atoms with Crippen LogP contribution < -0.4 is 5.32 Å². The van der Waals surface area contributed by atoms with Crippen molar-refractivity contribution in [2.75, 3.05) is 59.0 Å². The fourth-order valence-corrected chi connectivity index (χ4v) is 4.41. The molecule has 3 fully saturated rings. The molecule has 0 spiro atoms. The Balaban J connectivity index is 1.37. The quantitative estimate of drug-likeness (QED) is 0.398. The van der Waals surface area contributed by atoms with E-state index in [2.05, 4.69) is 22.0 Å². The van der Waals surface area contributed by atoms with Crippen LogP contribution in [0.25, 0.3) is 0 Å². The van der Waals surface area contributed by atoms with Gasteiger partial charge in [-0.3, -0.25) is 4.99 Å². The highest BCUT2D eigenvalue weighted by Gasteiger charge is 2.32. The summed E-state index contributed by atoms with van der Waals surface area (Å²) in [6.07, 6.45) is 10.7. The summed E-state index contributed by atoms with van der Waals surface area (Å²) >= 11 is 0. The fourth-order valence-electron chi connectivity index (χ4n) is 4.41. The van der Waals surface area contributed by atoms with Crippen LogP contribution in [0.2, 0.25) is 0 Å². The van der Waals surface area contributed by atoms with Gasteiger partial charge in [-0.2, -0.15) is 0 Å². The summed E-state index contributed by atoms with van der Waals surface area (Å²) in [5, 5.41) is 3.48. The first kappa shape index (κ1) is 20.9. The lowest BCUT2D eigenvalue weighted by Crippen LogP contribution is -2.53. The Hall–Kier alpha value is -0.850. The standard InChI is InChI=1S/C21H40N4O2/c1-2-22-21(23-11-5-3-6-12-24-13-7-4-8-14-24)25-15-17-27-20(18-25)19-10-9-16-26-19/h19-20H,2-18H2,1H3,(H,22,23). The molecular weight excluding hydrogens is 340 g/mol. The van der Waals surface area contributed by atoms with E-state index in [9.17, 15) is 0 Å². The van der Waals surface area contributed by atoms with Gasteiger partial charge in [-0.15, -0.1) is 0 Å². The first-order valence-electron chi connectivity index (χ1n) is 11.4. The van der Waals surface area contributed by atoms with Crippen LogP contribution in [0.3, 0.4) is 0 Å². The van der Waals surface area contributed by atoms with Gasteiger partial charge in [0.2, 0.25) is 0 Å². The Bertz CT molecular complexity index is 434. The SMILES string of the molecule is CCNC(=NCCCCCN1CCCCC1)N1CCOC(C2CCCO2)C1. The highest BCUT2D eigenvalue weighted by molar-refractivity contribution is 5.80. The van der Waals surface area contributed by atoms with E-state index in [-0.39, 0.29) is 12.2 Å². The second-order valence-electron chi connectivity index (χ2n) is 8.11. The lowest BCUT2D eigenvalue weighted by Gasteiger charge is -2.37. The van der Waals surface area contributed by atoms with Crippen LogP contribution >= 0.6 is 0 Å². The molecule has 3 rings (SSSR count). The highest BCUT2D eigenvalue weighted by atomic mass is 16.5. The molecule has 3 heterocycles. The predicted octanol–water partition coefficient (Wildman–Crippen LogP) is 2.49. The van der Waals surface area contributed by atoms with Gasteiger partial charge in [0.15, 0.2) is 5.96 Å². The maximum absolute atomic E-state index is 5.98. The molecular formula is C21H40N4O2. The number of hydrogen-bond acceptors (Lipinski definition) is 4. The number of piperidine rings is 1. The summed E-state index contributed by atoms with van der Waals surface area (Å²) in [7, 11) is 0. The minimum Gasteiger partial charge on any atom is -0.375 e. The van der Waals surface area contributed by atoms with Gasteiger partial charge in [0.05, 0.1) is 12.7 Å². The lowest BCUT2D eigenvalue weighted by atomic mass is 10.1. The molecule has 3 aliphatic heterocycles. The number of nitrogens with zero attached hydrogens (tertiary/aromatic N) is 3. The summed E-state index contributed by atoms with van der Waals surface area (Å²) in [4.78, 5) is 9.91. The predicted molar refractivity (Wildman–Crippen MR) is 110 cm³/mol. The average molecular weight is 381 g/mol. The third kappa shape index (κ3) is 6.91. The van der Waals surface area contributed by atoms with Crippen LogP contribution in [0.15, 0.2) is 4.99 Å². The van der Waals surface area contributed by atoms with Crippen molar-refractivity contribution >= 4 is 5.96 Å². The molecule has 0 aliphatic carbocycles. The average Bonchev–Trinajstić information content (AvgIpc) is 3.25. The molecule has 6 heteroatoms. The van der Waals surface area contributed by atoms with Crippen molar-refractivity contribution in [2.45, 2.75) is 70.5 Å². The first-order valence-corrected chi connectivity index (χ1v) is 11.4. The Morgan fingerprint density at radius 1 is 0.963 bits per heavy atom. The summed E-state index contributed by atoms with van der Waals surface area (Å²) < 4.78 is 11.8. The molecule has 0 aromatic carbocycles. The number of morpholine rings is 1. The monoisotopic (exact) mass is 380 g/mol. The van der Waals surface area contributed by atoms with E-state index in [1.807, 2.05) is 0 Å². The van der Waals surface area contributed by atoms with E-state index >= 15 is 0 Å². The number of unbranched alkanes of at least 4 members (excludes halogenated alkanes) is 2. The van der Waals surface area contributed by atoms with E-state index < -0.39 is 0 Å². The van der Waals surface area contributed by atoms with Gasteiger partial charge in [-0.25, -0.2) is 0 Å². The van der Waals surface area contributed by atoms with Crippen molar-refractivity contribution in [1.29, 1.82) is 0 Å². The number of hydrogen-bond donors (Lipinski definition) is 1. The highest BCUT2D eigenvalue weighted by Crippen LogP contribution is 2.21. The molecule has 1 N–H and O–H groups in total. The van der Waals surface area contributed by atoms with E-state index in [1.165, 1.54) is 58.2 Å². The zero-order chi connectivity index (χ0) is 18.7. The number of ether oxygens (including phenoxy) is 2. The van der Waals surface area contributed by atoms with Crippen molar-refractivity contribution < 1.29 is 9.47 Å². The van der Waals surface area contributed by atoms with Gasteiger partial charge in [0, 0.05) is 32.8 Å². The molecule has 156 valence electrons. The second-order valence-corrected chi connectivity index (χ2v) is 8.11. The van der Waals surface area contributed by atoms with E-state index in [0.29, 0.717) is 0 Å².